The molecule has 3 aromatic heterocycles. The van der Waals surface area contributed by atoms with Crippen LogP contribution in [-0.4, -0.2) is 32.5 Å². The third kappa shape index (κ3) is 4.60. The van der Waals surface area contributed by atoms with Crippen LogP contribution in [0.1, 0.15) is 31.7 Å². The standard InChI is InChI=1S/C22H25ClN4O2/c1-2-7-26-15-19(3-4-21(26)28)27-14-18(13-25-27)22-20(23)11-17(12-24-22)10-16-5-8-29-9-6-16/h3-4,11-16H,2,5-10H2,1H3. The summed E-state index contributed by atoms with van der Waals surface area (Å²) in [5, 5.41) is 5.07. The van der Waals surface area contributed by atoms with Crippen LogP contribution in [0, 0.1) is 5.92 Å². The molecule has 1 fully saturated rings. The first kappa shape index (κ1) is 19.9. The molecule has 0 radical (unpaired) electrons. The average molecular weight is 413 g/mol. The van der Waals surface area contributed by atoms with E-state index >= 15 is 0 Å². The van der Waals surface area contributed by atoms with Crippen LogP contribution in [0.3, 0.4) is 0 Å². The van der Waals surface area contributed by atoms with Crippen molar-refractivity contribution in [2.75, 3.05) is 13.2 Å². The molecular weight excluding hydrogens is 388 g/mol. The Morgan fingerprint density at radius 1 is 1.21 bits per heavy atom. The van der Waals surface area contributed by atoms with Gasteiger partial charge in [0.1, 0.15) is 0 Å². The van der Waals surface area contributed by atoms with E-state index in [1.807, 2.05) is 31.6 Å². The molecule has 6 nitrogen and oxygen atoms in total. The highest BCUT2D eigenvalue weighted by atomic mass is 35.5. The fourth-order valence-electron chi connectivity index (χ4n) is 3.74. The fourth-order valence-corrected chi connectivity index (χ4v) is 4.04. The molecule has 152 valence electrons. The predicted molar refractivity (Wildman–Crippen MR) is 114 cm³/mol. The van der Waals surface area contributed by atoms with Crippen molar-refractivity contribution in [3.63, 3.8) is 0 Å². The van der Waals surface area contributed by atoms with Crippen molar-refractivity contribution < 1.29 is 4.74 Å². The highest BCUT2D eigenvalue weighted by Crippen LogP contribution is 2.28. The van der Waals surface area contributed by atoms with Gasteiger partial charge in [-0.25, -0.2) is 4.68 Å². The maximum atomic E-state index is 11.9. The number of halogens is 1. The van der Waals surface area contributed by atoms with Gasteiger partial charge >= 0.3 is 0 Å². The van der Waals surface area contributed by atoms with E-state index in [-0.39, 0.29) is 5.56 Å². The fraction of sp³-hybridized carbons (Fsp3) is 0.409. The molecule has 0 saturated carbocycles. The second kappa shape index (κ2) is 8.93. The molecule has 4 rings (SSSR count). The summed E-state index contributed by atoms with van der Waals surface area (Å²) in [5.74, 6) is 0.633. The van der Waals surface area contributed by atoms with Gasteiger partial charge in [-0.3, -0.25) is 9.78 Å². The molecule has 0 atom stereocenters. The van der Waals surface area contributed by atoms with E-state index in [0.717, 1.165) is 61.4 Å². The van der Waals surface area contributed by atoms with Crippen LogP contribution in [0.4, 0.5) is 0 Å². The Morgan fingerprint density at radius 2 is 2.03 bits per heavy atom. The molecule has 0 aliphatic carbocycles. The van der Waals surface area contributed by atoms with Crippen molar-refractivity contribution >= 4 is 11.6 Å². The van der Waals surface area contributed by atoms with Crippen LogP contribution in [-0.2, 0) is 17.7 Å². The minimum absolute atomic E-state index is 0.00666. The summed E-state index contributed by atoms with van der Waals surface area (Å²) >= 11 is 6.55. The number of ether oxygens (including phenoxy) is 1. The second-order valence-corrected chi connectivity index (χ2v) is 7.93. The van der Waals surface area contributed by atoms with E-state index in [9.17, 15) is 4.79 Å². The first-order valence-electron chi connectivity index (χ1n) is 10.1. The Kier molecular flexibility index (Phi) is 6.11. The third-order valence-corrected chi connectivity index (χ3v) is 5.60. The Balaban J connectivity index is 1.54. The van der Waals surface area contributed by atoms with Crippen LogP contribution in [0.15, 0.2) is 47.8 Å². The number of nitrogens with zero attached hydrogens (tertiary/aromatic N) is 4. The normalized spacial score (nSPS) is 15.0. The van der Waals surface area contributed by atoms with Gasteiger partial charge in [0.05, 0.1) is 22.6 Å². The lowest BCUT2D eigenvalue weighted by molar-refractivity contribution is 0.0665. The van der Waals surface area contributed by atoms with Crippen molar-refractivity contribution in [2.24, 2.45) is 5.92 Å². The maximum absolute atomic E-state index is 11.9. The molecule has 0 bridgehead atoms. The molecule has 0 amide bonds. The summed E-state index contributed by atoms with van der Waals surface area (Å²) in [6.07, 6.45) is 11.4. The van der Waals surface area contributed by atoms with Crippen molar-refractivity contribution in [1.29, 1.82) is 0 Å². The van der Waals surface area contributed by atoms with E-state index in [4.69, 9.17) is 16.3 Å². The highest BCUT2D eigenvalue weighted by molar-refractivity contribution is 6.33. The Bertz CT molecular complexity index is 1040. The van der Waals surface area contributed by atoms with Crippen molar-refractivity contribution in [1.82, 2.24) is 19.3 Å². The topological polar surface area (TPSA) is 61.9 Å². The number of aromatic nitrogens is 4. The lowest BCUT2D eigenvalue weighted by Crippen LogP contribution is -2.19. The predicted octanol–water partition coefficient (Wildman–Crippen LogP) is 4.13. The minimum Gasteiger partial charge on any atom is -0.381 e. The van der Waals surface area contributed by atoms with E-state index in [0.29, 0.717) is 17.5 Å². The summed E-state index contributed by atoms with van der Waals surface area (Å²) < 4.78 is 8.88. The molecular formula is C22H25ClN4O2. The van der Waals surface area contributed by atoms with Crippen molar-refractivity contribution in [3.05, 3.63) is 63.9 Å². The maximum Gasteiger partial charge on any atom is 0.250 e. The number of pyridine rings is 2. The number of hydrogen-bond acceptors (Lipinski definition) is 4. The molecule has 0 aromatic carbocycles. The molecule has 0 N–H and O–H groups in total. The number of aryl methyl sites for hydroxylation is 1. The van der Waals surface area contributed by atoms with E-state index in [2.05, 4.69) is 10.1 Å². The van der Waals surface area contributed by atoms with Crippen molar-refractivity contribution in [3.8, 4) is 16.9 Å². The molecule has 1 aliphatic heterocycles. The molecule has 3 aromatic rings. The molecule has 7 heteroatoms. The van der Waals surface area contributed by atoms with Crippen LogP contribution < -0.4 is 5.56 Å². The van der Waals surface area contributed by atoms with Gasteiger partial charge in [-0.15, -0.1) is 0 Å². The summed E-state index contributed by atoms with van der Waals surface area (Å²) in [4.78, 5) is 16.5. The average Bonchev–Trinajstić information content (AvgIpc) is 3.20. The SMILES string of the molecule is CCCn1cc(-n2cc(-c3ncc(CC4CCOCC4)cc3Cl)cn2)ccc1=O. The lowest BCUT2D eigenvalue weighted by atomic mass is 9.93. The quantitative estimate of drug-likeness (QED) is 0.610. The van der Waals surface area contributed by atoms with Gasteiger partial charge < -0.3 is 9.30 Å². The third-order valence-electron chi connectivity index (χ3n) is 5.32. The van der Waals surface area contributed by atoms with Crippen LogP contribution in [0.2, 0.25) is 5.02 Å². The Morgan fingerprint density at radius 3 is 2.79 bits per heavy atom. The molecule has 29 heavy (non-hydrogen) atoms. The van der Waals surface area contributed by atoms with Gasteiger partial charge in [0, 0.05) is 50.0 Å². The zero-order chi connectivity index (χ0) is 20.2. The minimum atomic E-state index is -0.00666. The first-order valence-corrected chi connectivity index (χ1v) is 10.5. The monoisotopic (exact) mass is 412 g/mol. The second-order valence-electron chi connectivity index (χ2n) is 7.53. The van der Waals surface area contributed by atoms with Crippen LogP contribution in [0.25, 0.3) is 16.9 Å². The van der Waals surface area contributed by atoms with Gasteiger partial charge in [-0.2, -0.15) is 5.10 Å². The van der Waals surface area contributed by atoms with E-state index < -0.39 is 0 Å². The molecule has 0 spiro atoms. The molecule has 1 aliphatic rings. The summed E-state index contributed by atoms with van der Waals surface area (Å²) in [6, 6.07) is 5.36. The molecule has 4 heterocycles. The Hall–Kier alpha value is -2.44. The highest BCUT2D eigenvalue weighted by Gasteiger charge is 2.16. The van der Waals surface area contributed by atoms with Gasteiger partial charge in [-0.1, -0.05) is 18.5 Å². The largest absolute Gasteiger partial charge is 0.381 e. The van der Waals surface area contributed by atoms with Gasteiger partial charge in [0.15, 0.2) is 0 Å². The van der Waals surface area contributed by atoms with E-state index in [1.54, 1.807) is 27.6 Å². The van der Waals surface area contributed by atoms with Crippen LogP contribution >= 0.6 is 11.6 Å². The Labute approximate surface area is 175 Å². The number of hydrogen-bond donors (Lipinski definition) is 0. The molecule has 0 unspecified atom stereocenters. The molecule has 1 saturated heterocycles. The van der Waals surface area contributed by atoms with Gasteiger partial charge in [0.25, 0.3) is 5.56 Å². The zero-order valence-electron chi connectivity index (χ0n) is 16.6. The number of rotatable bonds is 6. The first-order chi connectivity index (χ1) is 14.1. The lowest BCUT2D eigenvalue weighted by Gasteiger charge is -2.21. The van der Waals surface area contributed by atoms with Crippen LogP contribution in [0.5, 0.6) is 0 Å². The van der Waals surface area contributed by atoms with Crippen molar-refractivity contribution in [2.45, 2.75) is 39.2 Å². The van der Waals surface area contributed by atoms with Gasteiger partial charge in [-0.05, 0) is 49.3 Å². The summed E-state index contributed by atoms with van der Waals surface area (Å²) in [5.41, 5.74) is 3.55. The van der Waals surface area contributed by atoms with Gasteiger partial charge in [0.2, 0.25) is 0 Å². The zero-order valence-corrected chi connectivity index (χ0v) is 17.3. The summed E-state index contributed by atoms with van der Waals surface area (Å²) in [6.45, 7) is 4.41. The van der Waals surface area contributed by atoms with E-state index in [1.165, 1.54) is 0 Å². The summed E-state index contributed by atoms with van der Waals surface area (Å²) in [7, 11) is 0. The smallest absolute Gasteiger partial charge is 0.250 e.